The van der Waals surface area contributed by atoms with Crippen molar-refractivity contribution in [3.63, 3.8) is 0 Å². The SMILES string of the molecule is COc1cc(N)ccc1C(=O)NC(C)(C)CO. The number of rotatable bonds is 4. The van der Waals surface area contributed by atoms with Crippen LogP contribution < -0.4 is 15.8 Å². The molecule has 0 unspecified atom stereocenters. The van der Waals surface area contributed by atoms with Crippen molar-refractivity contribution < 1.29 is 14.6 Å². The van der Waals surface area contributed by atoms with Crippen LogP contribution in [0.4, 0.5) is 5.69 Å². The summed E-state index contributed by atoms with van der Waals surface area (Å²) in [6.45, 7) is 3.32. The summed E-state index contributed by atoms with van der Waals surface area (Å²) in [7, 11) is 1.47. The Morgan fingerprint density at radius 1 is 1.53 bits per heavy atom. The molecule has 0 fully saturated rings. The molecule has 1 amide bonds. The van der Waals surface area contributed by atoms with Crippen LogP contribution in [0, 0.1) is 0 Å². The largest absolute Gasteiger partial charge is 0.496 e. The Morgan fingerprint density at radius 2 is 2.18 bits per heavy atom. The first kappa shape index (κ1) is 13.3. The number of benzene rings is 1. The van der Waals surface area contributed by atoms with Gasteiger partial charge in [-0.05, 0) is 26.0 Å². The van der Waals surface area contributed by atoms with Crippen LogP contribution in [0.5, 0.6) is 5.75 Å². The number of nitrogens with one attached hydrogen (secondary N) is 1. The van der Waals surface area contributed by atoms with Crippen molar-refractivity contribution in [1.29, 1.82) is 0 Å². The Hall–Kier alpha value is -1.75. The third-order valence-electron chi connectivity index (χ3n) is 2.32. The number of carbonyl (C=O) groups excluding carboxylic acids is 1. The second-order valence-electron chi connectivity index (χ2n) is 4.46. The van der Waals surface area contributed by atoms with E-state index in [-0.39, 0.29) is 12.5 Å². The molecule has 0 aliphatic heterocycles. The summed E-state index contributed by atoms with van der Waals surface area (Å²) in [6, 6.07) is 4.81. The summed E-state index contributed by atoms with van der Waals surface area (Å²) >= 11 is 0. The van der Waals surface area contributed by atoms with Crippen molar-refractivity contribution in [3.05, 3.63) is 23.8 Å². The van der Waals surface area contributed by atoms with Crippen LogP contribution in [0.15, 0.2) is 18.2 Å². The maximum Gasteiger partial charge on any atom is 0.255 e. The normalized spacial score (nSPS) is 11.1. The smallest absolute Gasteiger partial charge is 0.255 e. The highest BCUT2D eigenvalue weighted by Crippen LogP contribution is 2.21. The van der Waals surface area contributed by atoms with Gasteiger partial charge in [0.1, 0.15) is 5.75 Å². The summed E-state index contributed by atoms with van der Waals surface area (Å²) in [4.78, 5) is 12.0. The number of methoxy groups -OCH3 is 1. The maximum absolute atomic E-state index is 12.0. The maximum atomic E-state index is 12.0. The van der Waals surface area contributed by atoms with Gasteiger partial charge in [-0.3, -0.25) is 4.79 Å². The molecule has 94 valence electrons. The van der Waals surface area contributed by atoms with Gasteiger partial charge in [0.15, 0.2) is 0 Å². The van der Waals surface area contributed by atoms with Gasteiger partial charge in [0.05, 0.1) is 24.8 Å². The fraction of sp³-hybridized carbons (Fsp3) is 0.417. The molecular formula is C12H18N2O3. The molecule has 0 heterocycles. The van der Waals surface area contributed by atoms with Crippen LogP contribution in [-0.4, -0.2) is 30.3 Å². The van der Waals surface area contributed by atoms with E-state index in [0.717, 1.165) is 0 Å². The van der Waals surface area contributed by atoms with E-state index in [0.29, 0.717) is 17.0 Å². The number of nitrogen functional groups attached to an aromatic ring is 1. The molecule has 0 aliphatic rings. The van der Waals surface area contributed by atoms with E-state index in [9.17, 15) is 4.79 Å². The molecule has 0 aromatic heterocycles. The van der Waals surface area contributed by atoms with E-state index in [1.165, 1.54) is 7.11 Å². The van der Waals surface area contributed by atoms with Crippen molar-refractivity contribution in [2.45, 2.75) is 19.4 Å². The minimum absolute atomic E-state index is 0.143. The second kappa shape index (κ2) is 5.05. The van der Waals surface area contributed by atoms with Crippen LogP contribution >= 0.6 is 0 Å². The highest BCUT2D eigenvalue weighted by atomic mass is 16.5. The third kappa shape index (κ3) is 3.35. The molecule has 0 bridgehead atoms. The van der Waals surface area contributed by atoms with E-state index < -0.39 is 5.54 Å². The van der Waals surface area contributed by atoms with Gasteiger partial charge in [0.25, 0.3) is 5.91 Å². The van der Waals surface area contributed by atoms with Crippen LogP contribution in [-0.2, 0) is 0 Å². The van der Waals surface area contributed by atoms with Crippen LogP contribution in [0.3, 0.4) is 0 Å². The average Bonchev–Trinajstić information content (AvgIpc) is 2.28. The summed E-state index contributed by atoms with van der Waals surface area (Å²) < 4.78 is 5.09. The van der Waals surface area contributed by atoms with Crippen molar-refractivity contribution in [2.24, 2.45) is 0 Å². The minimum Gasteiger partial charge on any atom is -0.496 e. The van der Waals surface area contributed by atoms with Crippen molar-refractivity contribution in [2.75, 3.05) is 19.5 Å². The lowest BCUT2D eigenvalue weighted by Crippen LogP contribution is -2.46. The lowest BCUT2D eigenvalue weighted by Gasteiger charge is -2.24. The Labute approximate surface area is 101 Å². The molecule has 0 atom stereocenters. The Morgan fingerprint density at radius 3 is 2.71 bits per heavy atom. The van der Waals surface area contributed by atoms with Gasteiger partial charge in [-0.15, -0.1) is 0 Å². The Bertz CT molecular complexity index is 416. The lowest BCUT2D eigenvalue weighted by atomic mass is 10.1. The number of hydrogen-bond acceptors (Lipinski definition) is 4. The first-order valence-electron chi connectivity index (χ1n) is 5.26. The highest BCUT2D eigenvalue weighted by Gasteiger charge is 2.22. The summed E-state index contributed by atoms with van der Waals surface area (Å²) in [5.41, 5.74) is 5.85. The molecule has 1 rings (SSSR count). The van der Waals surface area contributed by atoms with Crippen LogP contribution in [0.25, 0.3) is 0 Å². The van der Waals surface area contributed by atoms with Gasteiger partial charge >= 0.3 is 0 Å². The van der Waals surface area contributed by atoms with Crippen molar-refractivity contribution in [1.82, 2.24) is 5.32 Å². The number of aliphatic hydroxyl groups is 1. The van der Waals surface area contributed by atoms with Gasteiger partial charge in [0, 0.05) is 11.8 Å². The van der Waals surface area contributed by atoms with Gasteiger partial charge in [-0.25, -0.2) is 0 Å². The number of ether oxygens (including phenoxy) is 1. The fourth-order valence-corrected chi connectivity index (χ4v) is 1.31. The van der Waals surface area contributed by atoms with Gasteiger partial charge in [0.2, 0.25) is 0 Å². The summed E-state index contributed by atoms with van der Waals surface area (Å²) in [5.74, 6) is 0.108. The van der Waals surface area contributed by atoms with Crippen LogP contribution in [0.1, 0.15) is 24.2 Å². The van der Waals surface area contributed by atoms with Gasteiger partial charge in [-0.2, -0.15) is 0 Å². The molecule has 5 heteroatoms. The Balaban J connectivity index is 2.96. The molecule has 1 aromatic carbocycles. The van der Waals surface area contributed by atoms with E-state index in [4.69, 9.17) is 15.6 Å². The average molecular weight is 238 g/mol. The first-order valence-corrected chi connectivity index (χ1v) is 5.26. The number of nitrogens with two attached hydrogens (primary N) is 1. The molecule has 0 saturated heterocycles. The summed E-state index contributed by atoms with van der Waals surface area (Å²) in [6.07, 6.45) is 0. The second-order valence-corrected chi connectivity index (χ2v) is 4.46. The molecule has 0 saturated carbocycles. The lowest BCUT2D eigenvalue weighted by molar-refractivity contribution is 0.0866. The predicted molar refractivity (Wildman–Crippen MR) is 66.0 cm³/mol. The monoisotopic (exact) mass is 238 g/mol. The Kier molecular flexibility index (Phi) is 3.96. The third-order valence-corrected chi connectivity index (χ3v) is 2.32. The van der Waals surface area contributed by atoms with Crippen LogP contribution in [0.2, 0.25) is 0 Å². The van der Waals surface area contributed by atoms with Gasteiger partial charge < -0.3 is 20.9 Å². The minimum atomic E-state index is -0.677. The molecule has 17 heavy (non-hydrogen) atoms. The van der Waals surface area contributed by atoms with E-state index in [1.54, 1.807) is 32.0 Å². The van der Waals surface area contributed by atoms with E-state index in [1.807, 2.05) is 0 Å². The molecular weight excluding hydrogens is 220 g/mol. The summed E-state index contributed by atoms with van der Waals surface area (Å²) in [5, 5.41) is 11.8. The highest BCUT2D eigenvalue weighted by molar-refractivity contribution is 5.97. The number of anilines is 1. The molecule has 0 spiro atoms. The zero-order valence-electron chi connectivity index (χ0n) is 10.3. The van der Waals surface area contributed by atoms with Crippen molar-refractivity contribution >= 4 is 11.6 Å². The standard InChI is InChI=1S/C12H18N2O3/c1-12(2,7-15)14-11(16)9-5-4-8(13)6-10(9)17-3/h4-6,15H,7,13H2,1-3H3,(H,14,16). The molecule has 0 aliphatic carbocycles. The number of hydrogen-bond donors (Lipinski definition) is 3. The topological polar surface area (TPSA) is 84.6 Å². The number of amides is 1. The zero-order chi connectivity index (χ0) is 13.1. The first-order chi connectivity index (χ1) is 7.89. The van der Waals surface area contributed by atoms with Gasteiger partial charge in [-0.1, -0.05) is 0 Å². The quantitative estimate of drug-likeness (QED) is 0.677. The molecule has 5 nitrogen and oxygen atoms in total. The van der Waals surface area contributed by atoms with Crippen molar-refractivity contribution in [3.8, 4) is 5.75 Å². The number of aliphatic hydroxyl groups excluding tert-OH is 1. The zero-order valence-corrected chi connectivity index (χ0v) is 10.3. The van der Waals surface area contributed by atoms with E-state index in [2.05, 4.69) is 5.32 Å². The molecule has 0 radical (unpaired) electrons. The fourth-order valence-electron chi connectivity index (χ4n) is 1.31. The number of carbonyl (C=O) groups is 1. The predicted octanol–water partition coefficient (Wildman–Crippen LogP) is 0.778. The van der Waals surface area contributed by atoms with E-state index >= 15 is 0 Å². The molecule has 4 N–H and O–H groups in total. The molecule has 1 aromatic rings.